The van der Waals surface area contributed by atoms with E-state index in [1.165, 1.54) is 0 Å². The van der Waals surface area contributed by atoms with Gasteiger partial charge in [0.1, 0.15) is 5.72 Å². The summed E-state index contributed by atoms with van der Waals surface area (Å²) < 4.78 is 11.8. The molecule has 3 heterocycles. The molecule has 0 aromatic heterocycles. The summed E-state index contributed by atoms with van der Waals surface area (Å²) >= 11 is 0. The van der Waals surface area contributed by atoms with Gasteiger partial charge in [-0.2, -0.15) is 5.06 Å². The number of ether oxygens (including phenoxy) is 2. The summed E-state index contributed by atoms with van der Waals surface area (Å²) in [6.45, 7) is 13.7. The van der Waals surface area contributed by atoms with E-state index < -0.39 is 11.3 Å². The van der Waals surface area contributed by atoms with Gasteiger partial charge < -0.3 is 19.2 Å². The molecule has 1 atom stereocenters. The summed E-state index contributed by atoms with van der Waals surface area (Å²) in [5.74, 6) is 0.0925. The van der Waals surface area contributed by atoms with Gasteiger partial charge in [-0.3, -0.25) is 4.79 Å². The number of hydrogen-bond donors (Lipinski definition) is 0. The van der Waals surface area contributed by atoms with Crippen LogP contribution in [0.15, 0.2) is 0 Å². The molecule has 0 N–H and O–H groups in total. The van der Waals surface area contributed by atoms with Crippen molar-refractivity contribution in [3.8, 4) is 0 Å². The molecule has 3 rings (SSSR count). The van der Waals surface area contributed by atoms with E-state index in [2.05, 4.69) is 27.7 Å². The average molecular weight is 326 g/mol. The first-order valence-corrected chi connectivity index (χ1v) is 8.42. The Morgan fingerprint density at radius 1 is 1.13 bits per heavy atom. The number of piperidine rings is 1. The predicted octanol–water partition coefficient (Wildman–Crippen LogP) is 1.93. The van der Waals surface area contributed by atoms with Crippen molar-refractivity contribution in [3.63, 3.8) is 0 Å². The van der Waals surface area contributed by atoms with Crippen LogP contribution in [0.25, 0.3) is 0 Å². The molecule has 23 heavy (non-hydrogen) atoms. The molecule has 132 valence electrons. The summed E-state index contributed by atoms with van der Waals surface area (Å²) in [5, 5.41) is 2.00. The molecule has 1 spiro atoms. The van der Waals surface area contributed by atoms with Crippen LogP contribution >= 0.6 is 0 Å². The Hall–Kier alpha value is -0.690. The summed E-state index contributed by atoms with van der Waals surface area (Å²) in [7, 11) is 1.69. The maximum atomic E-state index is 13.3. The van der Waals surface area contributed by atoms with Crippen LogP contribution in [0.2, 0.25) is 0 Å². The Morgan fingerprint density at radius 2 is 1.65 bits per heavy atom. The van der Waals surface area contributed by atoms with Crippen molar-refractivity contribution in [2.24, 2.45) is 0 Å². The second-order valence-electron chi connectivity index (χ2n) is 8.87. The van der Waals surface area contributed by atoms with Crippen molar-refractivity contribution < 1.29 is 19.1 Å². The molecule has 0 aromatic rings. The van der Waals surface area contributed by atoms with Gasteiger partial charge in [-0.25, -0.2) is 0 Å². The highest BCUT2D eigenvalue weighted by Crippen LogP contribution is 2.51. The number of carbonyl (C=O) groups excluding carboxylic acids is 1. The van der Waals surface area contributed by atoms with Crippen molar-refractivity contribution in [2.75, 3.05) is 20.3 Å². The van der Waals surface area contributed by atoms with E-state index in [9.17, 15) is 4.79 Å². The summed E-state index contributed by atoms with van der Waals surface area (Å²) in [6, 6.07) is 0. The molecule has 0 radical (unpaired) electrons. The first kappa shape index (κ1) is 17.1. The molecular formula is C17H30N2O4. The first-order valence-electron chi connectivity index (χ1n) is 8.42. The molecule has 0 aromatic carbocycles. The molecule has 6 nitrogen and oxygen atoms in total. The lowest BCUT2D eigenvalue weighted by molar-refractivity contribution is -0.295. The minimum absolute atomic E-state index is 0.0925. The summed E-state index contributed by atoms with van der Waals surface area (Å²) in [5.41, 5.74) is -1.99. The Morgan fingerprint density at radius 3 is 2.09 bits per heavy atom. The highest BCUT2D eigenvalue weighted by molar-refractivity contribution is 5.88. The Kier molecular flexibility index (Phi) is 3.66. The van der Waals surface area contributed by atoms with Gasteiger partial charge in [-0.1, -0.05) is 0 Å². The van der Waals surface area contributed by atoms with E-state index in [0.717, 1.165) is 6.61 Å². The molecule has 3 aliphatic heterocycles. The smallest absolute Gasteiger partial charge is 0.257 e. The van der Waals surface area contributed by atoms with Gasteiger partial charge in [0.2, 0.25) is 0 Å². The van der Waals surface area contributed by atoms with E-state index in [1.807, 2.05) is 23.8 Å². The van der Waals surface area contributed by atoms with E-state index in [4.69, 9.17) is 14.3 Å². The SMILES string of the molecule is CON1C(C)(C)CC2(CC1(C)C)OC(C)(C)N(CC1CO1)C2=O. The predicted molar refractivity (Wildman–Crippen MR) is 85.6 cm³/mol. The van der Waals surface area contributed by atoms with Crippen molar-refractivity contribution in [1.82, 2.24) is 9.96 Å². The Labute approximate surface area is 139 Å². The zero-order chi connectivity index (χ0) is 17.3. The minimum Gasteiger partial charge on any atom is -0.371 e. The molecule has 6 heteroatoms. The second-order valence-corrected chi connectivity index (χ2v) is 8.87. The third-order valence-corrected chi connectivity index (χ3v) is 5.24. The quantitative estimate of drug-likeness (QED) is 0.742. The molecule has 3 saturated heterocycles. The highest BCUT2D eigenvalue weighted by atomic mass is 16.7. The topological polar surface area (TPSA) is 54.5 Å². The second kappa shape index (κ2) is 4.91. The summed E-state index contributed by atoms with van der Waals surface area (Å²) in [4.78, 5) is 20.8. The van der Waals surface area contributed by atoms with Gasteiger partial charge in [0.05, 0.1) is 26.4 Å². The fraction of sp³-hybridized carbons (Fsp3) is 0.941. The number of epoxide rings is 1. The number of carbonyl (C=O) groups is 1. The lowest BCUT2D eigenvalue weighted by Gasteiger charge is -2.55. The molecule has 1 amide bonds. The molecule has 0 saturated carbocycles. The molecule has 0 bridgehead atoms. The van der Waals surface area contributed by atoms with Crippen LogP contribution in [0.5, 0.6) is 0 Å². The van der Waals surface area contributed by atoms with Gasteiger partial charge in [0, 0.05) is 23.9 Å². The van der Waals surface area contributed by atoms with Gasteiger partial charge >= 0.3 is 0 Å². The van der Waals surface area contributed by atoms with Gasteiger partial charge in [-0.15, -0.1) is 0 Å². The fourth-order valence-corrected chi connectivity index (χ4v) is 4.89. The van der Waals surface area contributed by atoms with E-state index in [-0.39, 0.29) is 23.1 Å². The fourth-order valence-electron chi connectivity index (χ4n) is 4.89. The van der Waals surface area contributed by atoms with E-state index >= 15 is 0 Å². The van der Waals surface area contributed by atoms with Crippen molar-refractivity contribution in [2.45, 2.75) is 82.9 Å². The third-order valence-electron chi connectivity index (χ3n) is 5.24. The minimum atomic E-state index is -0.791. The van der Waals surface area contributed by atoms with Crippen LogP contribution in [0.4, 0.5) is 0 Å². The normalized spacial score (nSPS) is 34.1. The Balaban J connectivity index is 1.94. The van der Waals surface area contributed by atoms with Gasteiger partial charge in [0.25, 0.3) is 5.91 Å². The van der Waals surface area contributed by atoms with Gasteiger partial charge in [-0.05, 0) is 41.5 Å². The number of amides is 1. The lowest BCUT2D eigenvalue weighted by Crippen LogP contribution is -2.66. The van der Waals surface area contributed by atoms with Crippen LogP contribution < -0.4 is 0 Å². The van der Waals surface area contributed by atoms with Crippen molar-refractivity contribution in [1.29, 1.82) is 0 Å². The zero-order valence-electron chi connectivity index (χ0n) is 15.4. The van der Waals surface area contributed by atoms with Crippen LogP contribution in [0.3, 0.4) is 0 Å². The molecule has 3 fully saturated rings. The van der Waals surface area contributed by atoms with E-state index in [0.29, 0.717) is 19.4 Å². The van der Waals surface area contributed by atoms with Crippen LogP contribution in [0.1, 0.15) is 54.4 Å². The first-order chi connectivity index (χ1) is 10.4. The molecule has 1 unspecified atom stereocenters. The largest absolute Gasteiger partial charge is 0.371 e. The standard InChI is InChI=1S/C17H30N2O4/c1-14(2)10-17(11-15(3,4)19(14)21-7)13(20)18(8-12-9-22-12)16(5,6)23-17/h12H,8-11H2,1-7H3. The lowest BCUT2D eigenvalue weighted by atomic mass is 9.72. The highest BCUT2D eigenvalue weighted by Gasteiger charge is 2.65. The van der Waals surface area contributed by atoms with Crippen molar-refractivity contribution >= 4 is 5.91 Å². The van der Waals surface area contributed by atoms with Gasteiger partial charge in [0.15, 0.2) is 5.60 Å². The molecule has 3 aliphatic rings. The number of hydrogen-bond acceptors (Lipinski definition) is 5. The molecular weight excluding hydrogens is 296 g/mol. The number of hydroxylamine groups is 2. The van der Waals surface area contributed by atoms with Crippen LogP contribution in [0, 0.1) is 0 Å². The molecule has 0 aliphatic carbocycles. The average Bonchev–Trinajstić information content (AvgIpc) is 3.12. The monoisotopic (exact) mass is 326 g/mol. The number of rotatable bonds is 3. The maximum absolute atomic E-state index is 13.3. The summed E-state index contributed by atoms with van der Waals surface area (Å²) in [6.07, 6.45) is 1.39. The Bertz CT molecular complexity index is 493. The van der Waals surface area contributed by atoms with Crippen molar-refractivity contribution in [3.05, 3.63) is 0 Å². The zero-order valence-corrected chi connectivity index (χ0v) is 15.4. The third kappa shape index (κ3) is 2.69. The van der Waals surface area contributed by atoms with E-state index in [1.54, 1.807) is 7.11 Å². The number of nitrogens with zero attached hydrogens (tertiary/aromatic N) is 2. The van der Waals surface area contributed by atoms with Crippen LogP contribution in [-0.2, 0) is 19.1 Å². The van der Waals surface area contributed by atoms with Crippen LogP contribution in [-0.4, -0.2) is 64.6 Å². The maximum Gasteiger partial charge on any atom is 0.257 e.